The van der Waals surface area contributed by atoms with E-state index < -0.39 is 0 Å². The van der Waals surface area contributed by atoms with E-state index in [1.54, 1.807) is 23.1 Å². The van der Waals surface area contributed by atoms with Crippen molar-refractivity contribution in [3.63, 3.8) is 0 Å². The molecular formula is C17H21N3O4. The Bertz CT molecular complexity index is 623. The average Bonchev–Trinajstić information content (AvgIpc) is 2.61. The van der Waals surface area contributed by atoms with Gasteiger partial charge >= 0.3 is 0 Å². The molecule has 24 heavy (non-hydrogen) atoms. The molecular weight excluding hydrogens is 310 g/mol. The lowest BCUT2D eigenvalue weighted by Crippen LogP contribution is -2.46. The minimum absolute atomic E-state index is 0.0294. The third-order valence-corrected chi connectivity index (χ3v) is 4.07. The van der Waals surface area contributed by atoms with Crippen molar-refractivity contribution in [3.05, 3.63) is 23.8 Å². The summed E-state index contributed by atoms with van der Waals surface area (Å²) in [5, 5.41) is 11.6. The maximum atomic E-state index is 12.6. The lowest BCUT2D eigenvalue weighted by Gasteiger charge is -2.32. The minimum Gasteiger partial charge on any atom is -0.496 e. The van der Waals surface area contributed by atoms with E-state index in [1.807, 2.05) is 6.07 Å². The number of amides is 2. The number of nitrogens with one attached hydrogen (secondary N) is 1. The number of piperidine rings is 1. The number of benzene rings is 1. The Hall–Kier alpha value is -2.75. The third-order valence-electron chi connectivity index (χ3n) is 4.07. The molecule has 0 aromatic heterocycles. The average molecular weight is 331 g/mol. The van der Waals surface area contributed by atoms with Gasteiger partial charge in [-0.3, -0.25) is 9.59 Å². The van der Waals surface area contributed by atoms with E-state index in [2.05, 4.69) is 5.32 Å². The molecule has 7 nitrogen and oxygen atoms in total. The monoisotopic (exact) mass is 331 g/mol. The number of rotatable bonds is 5. The van der Waals surface area contributed by atoms with Crippen LogP contribution in [-0.2, 0) is 4.79 Å². The lowest BCUT2D eigenvalue weighted by molar-refractivity contribution is -0.131. The molecule has 0 aliphatic carbocycles. The predicted octanol–water partition coefficient (Wildman–Crippen LogP) is 1.34. The van der Waals surface area contributed by atoms with Crippen LogP contribution in [0.2, 0.25) is 0 Å². The second-order valence-corrected chi connectivity index (χ2v) is 5.50. The first kappa shape index (κ1) is 17.6. The van der Waals surface area contributed by atoms with Crippen LogP contribution in [0.25, 0.3) is 0 Å². The molecule has 1 aliphatic heterocycles. The normalized spacial score (nSPS) is 14.6. The first-order valence-electron chi connectivity index (χ1n) is 7.77. The molecule has 1 aliphatic rings. The Morgan fingerprint density at radius 1 is 1.25 bits per heavy atom. The van der Waals surface area contributed by atoms with Crippen molar-refractivity contribution in [1.29, 1.82) is 5.26 Å². The number of likely N-dealkylation sites (tertiary alicyclic amines) is 1. The van der Waals surface area contributed by atoms with E-state index in [1.165, 1.54) is 14.2 Å². The van der Waals surface area contributed by atoms with Gasteiger partial charge in [0, 0.05) is 19.1 Å². The van der Waals surface area contributed by atoms with Crippen LogP contribution in [0.3, 0.4) is 0 Å². The second kappa shape index (κ2) is 8.20. The van der Waals surface area contributed by atoms with Crippen molar-refractivity contribution in [2.24, 2.45) is 0 Å². The van der Waals surface area contributed by atoms with Gasteiger partial charge in [0.05, 0.1) is 20.3 Å². The molecule has 0 atom stereocenters. The first-order chi connectivity index (χ1) is 11.6. The molecule has 1 aromatic carbocycles. The number of nitriles is 1. The molecule has 7 heteroatoms. The molecule has 128 valence electrons. The van der Waals surface area contributed by atoms with Gasteiger partial charge in [-0.15, -0.1) is 0 Å². The quantitative estimate of drug-likeness (QED) is 0.879. The van der Waals surface area contributed by atoms with Crippen molar-refractivity contribution in [2.45, 2.75) is 25.3 Å². The Kier molecular flexibility index (Phi) is 6.01. The second-order valence-electron chi connectivity index (χ2n) is 5.50. The van der Waals surface area contributed by atoms with E-state index in [-0.39, 0.29) is 24.3 Å². The summed E-state index contributed by atoms with van der Waals surface area (Å²) in [5.41, 5.74) is 0.366. The molecule has 2 rings (SSSR count). The summed E-state index contributed by atoms with van der Waals surface area (Å²) in [7, 11) is 3.01. The number of ether oxygens (including phenoxy) is 2. The van der Waals surface area contributed by atoms with Gasteiger partial charge in [-0.2, -0.15) is 5.26 Å². The van der Waals surface area contributed by atoms with E-state index in [0.717, 1.165) is 0 Å². The van der Waals surface area contributed by atoms with Crippen molar-refractivity contribution in [3.8, 4) is 17.6 Å². The predicted molar refractivity (Wildman–Crippen MR) is 86.8 cm³/mol. The van der Waals surface area contributed by atoms with Crippen molar-refractivity contribution >= 4 is 11.8 Å². The zero-order valence-corrected chi connectivity index (χ0v) is 13.9. The van der Waals surface area contributed by atoms with E-state index in [4.69, 9.17) is 14.7 Å². The smallest absolute Gasteiger partial charge is 0.259 e. The molecule has 0 unspecified atom stereocenters. The fraction of sp³-hybridized carbons (Fsp3) is 0.471. The third kappa shape index (κ3) is 3.96. The number of carbonyl (C=O) groups is 2. The van der Waals surface area contributed by atoms with E-state index in [0.29, 0.717) is 43.0 Å². The van der Waals surface area contributed by atoms with Gasteiger partial charge < -0.3 is 19.7 Å². The summed E-state index contributed by atoms with van der Waals surface area (Å²) in [6.45, 7) is 1.07. The molecule has 1 fully saturated rings. The van der Waals surface area contributed by atoms with E-state index >= 15 is 0 Å². The van der Waals surface area contributed by atoms with Gasteiger partial charge in [0.1, 0.15) is 23.5 Å². The van der Waals surface area contributed by atoms with Gasteiger partial charge in [0.2, 0.25) is 5.91 Å². The summed E-state index contributed by atoms with van der Waals surface area (Å²) in [5.74, 6) is 0.488. The van der Waals surface area contributed by atoms with Gasteiger partial charge in [-0.25, -0.2) is 0 Å². The number of methoxy groups -OCH3 is 2. The summed E-state index contributed by atoms with van der Waals surface area (Å²) in [4.78, 5) is 26.0. The molecule has 1 heterocycles. The van der Waals surface area contributed by atoms with Crippen molar-refractivity contribution in [2.75, 3.05) is 27.3 Å². The maximum Gasteiger partial charge on any atom is 0.259 e. The topological polar surface area (TPSA) is 91.7 Å². The van der Waals surface area contributed by atoms with Gasteiger partial charge in [0.25, 0.3) is 5.91 Å². The maximum absolute atomic E-state index is 12.6. The molecule has 0 spiro atoms. The fourth-order valence-corrected chi connectivity index (χ4v) is 2.79. The molecule has 1 N–H and O–H groups in total. The number of nitrogens with zero attached hydrogens (tertiary/aromatic N) is 2. The first-order valence-corrected chi connectivity index (χ1v) is 7.77. The highest BCUT2D eigenvalue weighted by Gasteiger charge is 2.26. The van der Waals surface area contributed by atoms with Crippen LogP contribution in [0, 0.1) is 11.3 Å². The molecule has 0 saturated carbocycles. The largest absolute Gasteiger partial charge is 0.496 e. The van der Waals surface area contributed by atoms with Crippen LogP contribution < -0.4 is 14.8 Å². The Morgan fingerprint density at radius 3 is 2.33 bits per heavy atom. The van der Waals surface area contributed by atoms with Gasteiger partial charge in [0.15, 0.2) is 0 Å². The van der Waals surface area contributed by atoms with E-state index in [9.17, 15) is 9.59 Å². The Balaban J connectivity index is 2.00. The molecule has 0 bridgehead atoms. The van der Waals surface area contributed by atoms with Crippen LogP contribution in [0.15, 0.2) is 18.2 Å². The van der Waals surface area contributed by atoms with Gasteiger partial charge in [-0.05, 0) is 25.0 Å². The highest BCUT2D eigenvalue weighted by atomic mass is 16.5. The SMILES string of the molecule is COc1cccc(OC)c1C(=O)NC1CCN(C(=O)CC#N)CC1. The van der Waals surface area contributed by atoms with Crippen molar-refractivity contribution < 1.29 is 19.1 Å². The molecule has 2 amide bonds. The summed E-state index contributed by atoms with van der Waals surface area (Å²) < 4.78 is 10.5. The summed E-state index contributed by atoms with van der Waals surface area (Å²) >= 11 is 0. The summed E-state index contributed by atoms with van der Waals surface area (Å²) in [6, 6.07) is 7.01. The highest BCUT2D eigenvalue weighted by molar-refractivity contribution is 5.99. The zero-order chi connectivity index (χ0) is 17.5. The number of carbonyl (C=O) groups excluding carboxylic acids is 2. The van der Waals surface area contributed by atoms with Crippen molar-refractivity contribution in [1.82, 2.24) is 10.2 Å². The molecule has 0 radical (unpaired) electrons. The van der Waals surface area contributed by atoms with Crippen LogP contribution in [0.5, 0.6) is 11.5 Å². The van der Waals surface area contributed by atoms with Crippen LogP contribution in [0.1, 0.15) is 29.6 Å². The summed E-state index contributed by atoms with van der Waals surface area (Å²) in [6.07, 6.45) is 1.20. The number of hydrogen-bond donors (Lipinski definition) is 1. The Labute approximate surface area is 141 Å². The number of hydrogen-bond acceptors (Lipinski definition) is 5. The lowest BCUT2D eigenvalue weighted by atomic mass is 10.0. The zero-order valence-electron chi connectivity index (χ0n) is 13.9. The van der Waals surface area contributed by atoms with Crippen LogP contribution in [-0.4, -0.2) is 50.1 Å². The van der Waals surface area contributed by atoms with Crippen LogP contribution in [0.4, 0.5) is 0 Å². The van der Waals surface area contributed by atoms with Crippen LogP contribution >= 0.6 is 0 Å². The highest BCUT2D eigenvalue weighted by Crippen LogP contribution is 2.28. The molecule has 1 aromatic rings. The van der Waals surface area contributed by atoms with Gasteiger partial charge in [-0.1, -0.05) is 6.07 Å². The Morgan fingerprint density at radius 2 is 1.83 bits per heavy atom. The fourth-order valence-electron chi connectivity index (χ4n) is 2.79. The molecule has 1 saturated heterocycles. The standard InChI is InChI=1S/C17H21N3O4/c1-23-13-4-3-5-14(24-2)16(13)17(22)19-12-7-10-20(11-8-12)15(21)6-9-18/h3-5,12H,6-8,10-11H2,1-2H3,(H,19,22). The minimum atomic E-state index is -0.258.